The third-order valence-corrected chi connectivity index (χ3v) is 5.94. The van der Waals surface area contributed by atoms with Crippen molar-refractivity contribution in [3.8, 4) is 17.4 Å². The van der Waals surface area contributed by atoms with E-state index in [1.165, 1.54) is 4.90 Å². The summed E-state index contributed by atoms with van der Waals surface area (Å²) < 4.78 is 38.3. The molecule has 0 spiro atoms. The predicted molar refractivity (Wildman–Crippen MR) is 129 cm³/mol. The Labute approximate surface area is 208 Å². The fourth-order valence-corrected chi connectivity index (χ4v) is 4.02. The van der Waals surface area contributed by atoms with Gasteiger partial charge in [-0.3, -0.25) is 9.59 Å². The van der Waals surface area contributed by atoms with Gasteiger partial charge in [0.15, 0.2) is 0 Å². The molecule has 4 rings (SSSR count). The van der Waals surface area contributed by atoms with Gasteiger partial charge in [0.05, 0.1) is 12.2 Å². The quantitative estimate of drug-likeness (QED) is 0.489. The Kier molecular flexibility index (Phi) is 8.10. The van der Waals surface area contributed by atoms with Gasteiger partial charge in [-0.05, 0) is 67.8 Å². The van der Waals surface area contributed by atoms with Crippen LogP contribution in [0.25, 0.3) is 0 Å². The molecule has 0 saturated carbocycles. The van der Waals surface area contributed by atoms with Crippen molar-refractivity contribution in [1.29, 1.82) is 0 Å². The van der Waals surface area contributed by atoms with E-state index >= 15 is 0 Å². The maximum absolute atomic E-state index is 13.9. The number of ether oxygens (including phenoxy) is 2. The molecule has 1 saturated heterocycles. The van der Waals surface area contributed by atoms with Crippen LogP contribution in [-0.4, -0.2) is 41.4 Å². The first kappa shape index (κ1) is 25.1. The summed E-state index contributed by atoms with van der Waals surface area (Å²) in [7, 11) is 0. The molecule has 0 bridgehead atoms. The molecule has 1 fully saturated rings. The van der Waals surface area contributed by atoms with Gasteiger partial charge in [0.1, 0.15) is 23.1 Å². The predicted octanol–water partition coefficient (Wildman–Crippen LogP) is 4.72. The van der Waals surface area contributed by atoms with Crippen molar-refractivity contribution in [2.45, 2.75) is 26.3 Å². The SMILES string of the molecule is CCOc1ccc(Oc2cc(CNC(=O)C3CCN(C(=O)c4ccc(F)cc4F)CC3)ccn2)cc1. The number of amides is 2. The summed E-state index contributed by atoms with van der Waals surface area (Å²) >= 11 is 0. The molecule has 0 atom stereocenters. The number of nitrogens with zero attached hydrogens (tertiary/aromatic N) is 2. The average molecular weight is 496 g/mol. The Hall–Kier alpha value is -4.01. The van der Waals surface area contributed by atoms with Crippen molar-refractivity contribution in [2.75, 3.05) is 19.7 Å². The number of aromatic nitrogens is 1. The Bertz CT molecular complexity index is 1210. The Morgan fingerprint density at radius 3 is 2.44 bits per heavy atom. The van der Waals surface area contributed by atoms with Gasteiger partial charge in [-0.15, -0.1) is 0 Å². The minimum atomic E-state index is -0.886. The van der Waals surface area contributed by atoms with E-state index in [4.69, 9.17) is 9.47 Å². The van der Waals surface area contributed by atoms with Gasteiger partial charge in [-0.1, -0.05) is 0 Å². The lowest BCUT2D eigenvalue weighted by molar-refractivity contribution is -0.126. The van der Waals surface area contributed by atoms with Crippen LogP contribution in [0.1, 0.15) is 35.7 Å². The van der Waals surface area contributed by atoms with Crippen LogP contribution in [0.2, 0.25) is 0 Å². The zero-order valence-electron chi connectivity index (χ0n) is 19.9. The summed E-state index contributed by atoms with van der Waals surface area (Å²) in [6, 6.07) is 13.7. The van der Waals surface area contributed by atoms with Gasteiger partial charge in [0, 0.05) is 43.9 Å². The minimum Gasteiger partial charge on any atom is -0.494 e. The third-order valence-electron chi connectivity index (χ3n) is 5.94. The second-order valence-corrected chi connectivity index (χ2v) is 8.42. The number of benzene rings is 2. The zero-order chi connectivity index (χ0) is 25.5. The lowest BCUT2D eigenvalue weighted by Gasteiger charge is -2.31. The van der Waals surface area contributed by atoms with Gasteiger partial charge in [-0.25, -0.2) is 13.8 Å². The minimum absolute atomic E-state index is 0.110. The maximum Gasteiger partial charge on any atom is 0.256 e. The number of hydrogen-bond acceptors (Lipinski definition) is 5. The number of carbonyl (C=O) groups excluding carboxylic acids is 2. The fraction of sp³-hybridized carbons (Fsp3) is 0.296. The molecule has 7 nitrogen and oxygen atoms in total. The lowest BCUT2D eigenvalue weighted by atomic mass is 9.95. The second-order valence-electron chi connectivity index (χ2n) is 8.42. The van der Waals surface area contributed by atoms with Crippen LogP contribution in [0.15, 0.2) is 60.8 Å². The van der Waals surface area contributed by atoms with E-state index in [0.29, 0.717) is 56.8 Å². The smallest absolute Gasteiger partial charge is 0.256 e. The molecule has 2 amide bonds. The van der Waals surface area contributed by atoms with Gasteiger partial charge in [-0.2, -0.15) is 0 Å². The van der Waals surface area contributed by atoms with Crippen LogP contribution in [0.5, 0.6) is 17.4 Å². The standard InChI is InChI=1S/C27H27F2N3O4/c1-2-35-21-4-6-22(7-5-21)36-25-15-18(9-12-30-25)17-31-26(33)19-10-13-32(14-11-19)27(34)23-8-3-20(28)16-24(23)29/h3-9,12,15-16,19H,2,10-11,13-14,17H2,1H3,(H,31,33). The van der Waals surface area contributed by atoms with Crippen molar-refractivity contribution in [2.24, 2.45) is 5.92 Å². The number of nitrogens with one attached hydrogen (secondary N) is 1. The number of halogens is 2. The number of rotatable bonds is 8. The highest BCUT2D eigenvalue weighted by atomic mass is 19.1. The highest BCUT2D eigenvalue weighted by Crippen LogP contribution is 2.24. The van der Waals surface area contributed by atoms with Crippen molar-refractivity contribution < 1.29 is 27.8 Å². The van der Waals surface area contributed by atoms with Gasteiger partial charge >= 0.3 is 0 Å². The van der Waals surface area contributed by atoms with Gasteiger partial charge < -0.3 is 19.7 Å². The summed E-state index contributed by atoms with van der Waals surface area (Å²) in [5.41, 5.74) is 0.666. The molecule has 9 heteroatoms. The molecule has 1 aromatic heterocycles. The van der Waals surface area contributed by atoms with Crippen LogP contribution >= 0.6 is 0 Å². The normalized spacial score (nSPS) is 13.8. The monoisotopic (exact) mass is 495 g/mol. The molecule has 1 aliphatic heterocycles. The Balaban J connectivity index is 1.26. The number of piperidine rings is 1. The lowest BCUT2D eigenvalue weighted by Crippen LogP contribution is -2.43. The molecule has 188 valence electrons. The zero-order valence-corrected chi connectivity index (χ0v) is 19.9. The number of carbonyl (C=O) groups is 2. The molecule has 2 aromatic carbocycles. The molecular formula is C27H27F2N3O4. The molecule has 0 aliphatic carbocycles. The summed E-state index contributed by atoms with van der Waals surface area (Å²) in [5.74, 6) is -0.698. The molecule has 1 N–H and O–H groups in total. The van der Waals surface area contributed by atoms with Crippen LogP contribution < -0.4 is 14.8 Å². The third kappa shape index (κ3) is 6.35. The highest BCUT2D eigenvalue weighted by molar-refractivity contribution is 5.94. The molecule has 3 aromatic rings. The van der Waals surface area contributed by atoms with Crippen molar-refractivity contribution in [3.63, 3.8) is 0 Å². The van der Waals surface area contributed by atoms with Gasteiger partial charge in [0.2, 0.25) is 11.8 Å². The summed E-state index contributed by atoms with van der Waals surface area (Å²) in [6.07, 6.45) is 2.54. The van der Waals surface area contributed by atoms with Crippen molar-refractivity contribution >= 4 is 11.8 Å². The summed E-state index contributed by atoms with van der Waals surface area (Å²) in [4.78, 5) is 31.0. The molecule has 36 heavy (non-hydrogen) atoms. The number of pyridine rings is 1. The van der Waals surface area contributed by atoms with E-state index in [9.17, 15) is 18.4 Å². The van der Waals surface area contributed by atoms with Crippen molar-refractivity contribution in [3.05, 3.63) is 83.6 Å². The van der Waals surface area contributed by atoms with Gasteiger partial charge in [0.25, 0.3) is 5.91 Å². The van der Waals surface area contributed by atoms with Crippen LogP contribution in [-0.2, 0) is 11.3 Å². The molecule has 0 radical (unpaired) electrons. The topological polar surface area (TPSA) is 80.8 Å². The fourth-order valence-electron chi connectivity index (χ4n) is 4.02. The van der Waals surface area contributed by atoms with E-state index in [0.717, 1.165) is 23.4 Å². The Morgan fingerprint density at radius 1 is 1.03 bits per heavy atom. The van der Waals surface area contributed by atoms with Crippen molar-refractivity contribution in [1.82, 2.24) is 15.2 Å². The van der Waals surface area contributed by atoms with E-state index in [-0.39, 0.29) is 17.4 Å². The Morgan fingerprint density at radius 2 is 1.75 bits per heavy atom. The van der Waals surface area contributed by atoms with E-state index in [1.807, 2.05) is 19.1 Å². The molecular weight excluding hydrogens is 468 g/mol. The maximum atomic E-state index is 13.9. The largest absolute Gasteiger partial charge is 0.494 e. The number of likely N-dealkylation sites (tertiary alicyclic amines) is 1. The van der Waals surface area contributed by atoms with Crippen LogP contribution in [0.3, 0.4) is 0 Å². The molecule has 2 heterocycles. The number of hydrogen-bond donors (Lipinski definition) is 1. The average Bonchev–Trinajstić information content (AvgIpc) is 2.88. The summed E-state index contributed by atoms with van der Waals surface area (Å²) in [6.45, 7) is 3.46. The van der Waals surface area contributed by atoms with Crippen LogP contribution in [0, 0.1) is 17.6 Å². The first-order chi connectivity index (χ1) is 17.4. The molecule has 0 unspecified atom stereocenters. The molecule has 1 aliphatic rings. The first-order valence-electron chi connectivity index (χ1n) is 11.8. The van der Waals surface area contributed by atoms with Crippen LogP contribution in [0.4, 0.5) is 8.78 Å². The van der Waals surface area contributed by atoms with E-state index in [2.05, 4.69) is 10.3 Å². The first-order valence-corrected chi connectivity index (χ1v) is 11.8. The summed E-state index contributed by atoms with van der Waals surface area (Å²) in [5, 5.41) is 2.93. The second kappa shape index (κ2) is 11.6. The van der Waals surface area contributed by atoms with E-state index in [1.54, 1.807) is 30.5 Å². The van der Waals surface area contributed by atoms with E-state index < -0.39 is 17.5 Å². The highest BCUT2D eigenvalue weighted by Gasteiger charge is 2.28.